The molecule has 6 heteroatoms. The largest absolute Gasteiger partial charge is 0.463 e. The van der Waals surface area contributed by atoms with Gasteiger partial charge in [0.25, 0.3) is 0 Å². The van der Waals surface area contributed by atoms with Crippen molar-refractivity contribution in [2.24, 2.45) is 0 Å². The van der Waals surface area contributed by atoms with E-state index in [1.54, 1.807) is 6.92 Å². The fourth-order valence-corrected chi connectivity index (χ4v) is 1.10. The number of esters is 2. The van der Waals surface area contributed by atoms with Gasteiger partial charge in [-0.2, -0.15) is 0 Å². The second kappa shape index (κ2) is 5.83. The molecule has 17 heavy (non-hydrogen) atoms. The molecule has 0 amide bonds. The van der Waals surface area contributed by atoms with Gasteiger partial charge in [-0.05, 0) is 25.1 Å². The SMILES string of the molecule is CCOC(=O)COC(=O)c1ccc(N)cc1F. The van der Waals surface area contributed by atoms with Crippen LogP contribution in [0.25, 0.3) is 0 Å². The summed E-state index contributed by atoms with van der Waals surface area (Å²) in [7, 11) is 0. The Kier molecular flexibility index (Phi) is 4.45. The molecule has 0 heterocycles. The lowest BCUT2D eigenvalue weighted by Gasteiger charge is -2.05. The monoisotopic (exact) mass is 241 g/mol. The Morgan fingerprint density at radius 2 is 2.06 bits per heavy atom. The number of benzene rings is 1. The molecule has 0 spiro atoms. The topological polar surface area (TPSA) is 78.6 Å². The van der Waals surface area contributed by atoms with Crippen LogP contribution in [0.2, 0.25) is 0 Å². The molecule has 1 rings (SSSR count). The summed E-state index contributed by atoms with van der Waals surface area (Å²) >= 11 is 0. The molecule has 0 aliphatic rings. The van der Waals surface area contributed by atoms with Crippen LogP contribution in [0, 0.1) is 5.82 Å². The lowest BCUT2D eigenvalue weighted by Crippen LogP contribution is -2.17. The van der Waals surface area contributed by atoms with Gasteiger partial charge in [0.1, 0.15) is 5.82 Å². The van der Waals surface area contributed by atoms with E-state index in [1.807, 2.05) is 0 Å². The summed E-state index contributed by atoms with van der Waals surface area (Å²) in [6.45, 7) is 1.27. The normalized spacial score (nSPS) is 9.76. The first-order chi connectivity index (χ1) is 8.04. The zero-order valence-corrected chi connectivity index (χ0v) is 9.23. The zero-order valence-electron chi connectivity index (χ0n) is 9.23. The molecule has 2 N–H and O–H groups in total. The average molecular weight is 241 g/mol. The van der Waals surface area contributed by atoms with E-state index in [-0.39, 0.29) is 17.9 Å². The summed E-state index contributed by atoms with van der Waals surface area (Å²) in [5.41, 5.74) is 5.25. The predicted octanol–water partition coefficient (Wildman–Crippen LogP) is 1.13. The van der Waals surface area contributed by atoms with Crippen LogP contribution in [0.3, 0.4) is 0 Å². The van der Waals surface area contributed by atoms with Crippen molar-refractivity contribution in [1.29, 1.82) is 0 Å². The van der Waals surface area contributed by atoms with Crippen LogP contribution in [0.5, 0.6) is 0 Å². The lowest BCUT2D eigenvalue weighted by atomic mass is 10.2. The second-order valence-corrected chi connectivity index (χ2v) is 3.12. The van der Waals surface area contributed by atoms with Gasteiger partial charge in [-0.25, -0.2) is 14.0 Å². The van der Waals surface area contributed by atoms with E-state index in [0.29, 0.717) is 0 Å². The minimum atomic E-state index is -0.935. The Labute approximate surface area is 97.3 Å². The number of hydrogen-bond donors (Lipinski definition) is 1. The maximum absolute atomic E-state index is 13.3. The van der Waals surface area contributed by atoms with Crippen LogP contribution in [0.15, 0.2) is 18.2 Å². The number of carbonyl (C=O) groups excluding carboxylic acids is 2. The molecule has 1 aromatic carbocycles. The number of nitrogen functional groups attached to an aromatic ring is 1. The Bertz CT molecular complexity index is 433. The van der Waals surface area contributed by atoms with Crippen LogP contribution in [0.4, 0.5) is 10.1 Å². The number of nitrogens with two attached hydrogens (primary N) is 1. The van der Waals surface area contributed by atoms with Gasteiger partial charge in [0.05, 0.1) is 12.2 Å². The van der Waals surface area contributed by atoms with E-state index in [9.17, 15) is 14.0 Å². The molecule has 0 saturated heterocycles. The highest BCUT2D eigenvalue weighted by Crippen LogP contribution is 2.12. The quantitative estimate of drug-likeness (QED) is 0.631. The highest BCUT2D eigenvalue weighted by molar-refractivity contribution is 5.91. The van der Waals surface area contributed by atoms with Crippen LogP contribution in [-0.2, 0) is 14.3 Å². The van der Waals surface area contributed by atoms with Gasteiger partial charge >= 0.3 is 11.9 Å². The summed E-state index contributed by atoms with van der Waals surface area (Å²) in [5, 5.41) is 0. The molecule has 0 unspecified atom stereocenters. The maximum Gasteiger partial charge on any atom is 0.344 e. The van der Waals surface area contributed by atoms with Gasteiger partial charge < -0.3 is 15.2 Å². The highest BCUT2D eigenvalue weighted by atomic mass is 19.1. The van der Waals surface area contributed by atoms with Crippen LogP contribution < -0.4 is 5.73 Å². The van der Waals surface area contributed by atoms with E-state index in [0.717, 1.165) is 6.07 Å². The van der Waals surface area contributed by atoms with Crippen LogP contribution in [0.1, 0.15) is 17.3 Å². The van der Waals surface area contributed by atoms with E-state index in [1.165, 1.54) is 12.1 Å². The molecule has 0 aliphatic carbocycles. The minimum absolute atomic E-state index is 0.187. The van der Waals surface area contributed by atoms with E-state index >= 15 is 0 Å². The summed E-state index contributed by atoms with van der Waals surface area (Å²) in [6.07, 6.45) is 0. The van der Waals surface area contributed by atoms with Crippen molar-refractivity contribution in [1.82, 2.24) is 0 Å². The molecule has 0 aliphatic heterocycles. The Hall–Kier alpha value is -2.11. The lowest BCUT2D eigenvalue weighted by molar-refractivity contribution is -0.146. The summed E-state index contributed by atoms with van der Waals surface area (Å²) < 4.78 is 22.4. The number of hydrogen-bond acceptors (Lipinski definition) is 5. The van der Waals surface area contributed by atoms with Crippen molar-refractivity contribution in [2.75, 3.05) is 18.9 Å². The fourth-order valence-electron chi connectivity index (χ4n) is 1.10. The van der Waals surface area contributed by atoms with Crippen molar-refractivity contribution in [2.45, 2.75) is 6.92 Å². The molecule has 0 aromatic heterocycles. The van der Waals surface area contributed by atoms with Crippen LogP contribution in [-0.4, -0.2) is 25.2 Å². The summed E-state index contributed by atoms with van der Waals surface area (Å²) in [4.78, 5) is 22.3. The minimum Gasteiger partial charge on any atom is -0.463 e. The van der Waals surface area contributed by atoms with Gasteiger partial charge in [0, 0.05) is 5.69 Å². The molecule has 0 fully saturated rings. The fraction of sp³-hybridized carbons (Fsp3) is 0.273. The Morgan fingerprint density at radius 1 is 1.35 bits per heavy atom. The third kappa shape index (κ3) is 3.75. The highest BCUT2D eigenvalue weighted by Gasteiger charge is 2.15. The average Bonchev–Trinajstić information content (AvgIpc) is 2.26. The van der Waals surface area contributed by atoms with E-state index < -0.39 is 24.4 Å². The third-order valence-electron chi connectivity index (χ3n) is 1.84. The van der Waals surface area contributed by atoms with Crippen molar-refractivity contribution < 1.29 is 23.5 Å². The first-order valence-electron chi connectivity index (χ1n) is 4.92. The molecule has 92 valence electrons. The number of halogens is 1. The number of carbonyl (C=O) groups is 2. The van der Waals surface area contributed by atoms with Crippen molar-refractivity contribution >= 4 is 17.6 Å². The molecule has 5 nitrogen and oxygen atoms in total. The van der Waals surface area contributed by atoms with Crippen molar-refractivity contribution in [3.05, 3.63) is 29.6 Å². The third-order valence-corrected chi connectivity index (χ3v) is 1.84. The predicted molar refractivity (Wildman–Crippen MR) is 57.7 cm³/mol. The second-order valence-electron chi connectivity index (χ2n) is 3.12. The van der Waals surface area contributed by atoms with Crippen molar-refractivity contribution in [3.8, 4) is 0 Å². The van der Waals surface area contributed by atoms with Gasteiger partial charge in [0.2, 0.25) is 0 Å². The Morgan fingerprint density at radius 3 is 2.65 bits per heavy atom. The molecule has 1 aromatic rings. The first-order valence-corrected chi connectivity index (χ1v) is 4.92. The smallest absolute Gasteiger partial charge is 0.344 e. The molecular formula is C11H12FNO4. The molecule has 0 radical (unpaired) electrons. The van der Waals surface area contributed by atoms with Gasteiger partial charge in [-0.3, -0.25) is 0 Å². The van der Waals surface area contributed by atoms with Gasteiger partial charge in [-0.15, -0.1) is 0 Å². The zero-order chi connectivity index (χ0) is 12.8. The number of anilines is 1. The molecular weight excluding hydrogens is 229 g/mol. The summed E-state index contributed by atoms with van der Waals surface area (Å²) in [5.74, 6) is -2.41. The number of rotatable bonds is 4. The number of ether oxygens (including phenoxy) is 2. The van der Waals surface area contributed by atoms with E-state index in [4.69, 9.17) is 5.73 Å². The maximum atomic E-state index is 13.3. The van der Waals surface area contributed by atoms with Crippen molar-refractivity contribution in [3.63, 3.8) is 0 Å². The standard InChI is InChI=1S/C11H12FNO4/c1-2-16-10(14)6-17-11(15)8-4-3-7(13)5-9(8)12/h3-5H,2,6,13H2,1H3. The molecule has 0 saturated carbocycles. The van der Waals surface area contributed by atoms with Gasteiger partial charge in [0.15, 0.2) is 6.61 Å². The molecule has 0 bridgehead atoms. The summed E-state index contributed by atoms with van der Waals surface area (Å²) in [6, 6.07) is 3.56. The van der Waals surface area contributed by atoms with E-state index in [2.05, 4.69) is 9.47 Å². The van der Waals surface area contributed by atoms with Crippen LogP contribution >= 0.6 is 0 Å². The molecule has 0 atom stereocenters. The van der Waals surface area contributed by atoms with Gasteiger partial charge in [-0.1, -0.05) is 0 Å². The first kappa shape index (κ1) is 13.0. The Balaban J connectivity index is 2.61.